The van der Waals surface area contributed by atoms with Gasteiger partial charge in [-0.25, -0.2) is 0 Å². The van der Waals surface area contributed by atoms with Gasteiger partial charge in [0.2, 0.25) is 6.29 Å². The van der Waals surface area contributed by atoms with Gasteiger partial charge in [-0.15, -0.1) is 0 Å². The first-order valence-corrected chi connectivity index (χ1v) is 14.5. The van der Waals surface area contributed by atoms with Gasteiger partial charge in [-0.1, -0.05) is 32.6 Å². The van der Waals surface area contributed by atoms with Gasteiger partial charge in [0.25, 0.3) is 0 Å². The Labute approximate surface area is 248 Å². The van der Waals surface area contributed by atoms with E-state index in [0.29, 0.717) is 6.42 Å². The summed E-state index contributed by atoms with van der Waals surface area (Å²) in [7, 11) is 0. The van der Waals surface area contributed by atoms with Crippen molar-refractivity contribution in [2.24, 2.45) is 0 Å². The van der Waals surface area contributed by atoms with Crippen LogP contribution in [0.2, 0.25) is 0 Å². The molecule has 0 aromatic carbocycles. The molecule has 0 saturated carbocycles. The van der Waals surface area contributed by atoms with E-state index in [1.54, 1.807) is 0 Å². The minimum absolute atomic E-state index is 0.0129. The maximum Gasteiger partial charge on any atom is 0.308 e. The first kappa shape index (κ1) is 36.3. The third kappa shape index (κ3) is 8.99. The largest absolute Gasteiger partial charge is 0.433 e. The molecule has 3 aliphatic heterocycles. The number of ether oxygens (including phenoxy) is 6. The summed E-state index contributed by atoms with van der Waals surface area (Å²) in [4.78, 5) is 12.7. The average Bonchev–Trinajstić information content (AvgIpc) is 2.99. The van der Waals surface area contributed by atoms with E-state index in [4.69, 9.17) is 28.4 Å². The van der Waals surface area contributed by atoms with Gasteiger partial charge < -0.3 is 79.5 Å². The monoisotopic (exact) mass is 630 g/mol. The number of aliphatic hydroxyl groups is 10. The normalized spacial score (nSPS) is 43.8. The van der Waals surface area contributed by atoms with Crippen molar-refractivity contribution in [1.82, 2.24) is 0 Å². The number of carbonyl (C=O) groups excluding carboxylic acids is 1. The summed E-state index contributed by atoms with van der Waals surface area (Å²) in [5.41, 5.74) is 0. The lowest BCUT2D eigenvalue weighted by Gasteiger charge is -2.46. The van der Waals surface area contributed by atoms with Crippen LogP contribution in [0.1, 0.15) is 45.4 Å². The van der Waals surface area contributed by atoms with Crippen molar-refractivity contribution in [3.05, 3.63) is 0 Å². The second kappa shape index (κ2) is 17.0. The Kier molecular flexibility index (Phi) is 14.3. The van der Waals surface area contributed by atoms with E-state index < -0.39 is 118 Å². The predicted molar refractivity (Wildman–Crippen MR) is 139 cm³/mol. The molecule has 3 aliphatic rings. The molecule has 3 rings (SSSR count). The zero-order valence-electron chi connectivity index (χ0n) is 23.9. The van der Waals surface area contributed by atoms with Gasteiger partial charge in [0.1, 0.15) is 67.1 Å². The van der Waals surface area contributed by atoms with E-state index in [0.717, 1.165) is 25.7 Å². The Morgan fingerprint density at radius 1 is 0.605 bits per heavy atom. The van der Waals surface area contributed by atoms with Crippen LogP contribution in [0, 0.1) is 0 Å². The highest BCUT2D eigenvalue weighted by atomic mass is 16.8. The molecule has 0 unspecified atom stereocenters. The first-order valence-electron chi connectivity index (χ1n) is 14.5. The summed E-state index contributed by atoms with van der Waals surface area (Å²) in [5, 5.41) is 101. The highest BCUT2D eigenvalue weighted by Crippen LogP contribution is 2.31. The van der Waals surface area contributed by atoms with Gasteiger partial charge in [0.05, 0.1) is 19.8 Å². The molecule has 43 heavy (non-hydrogen) atoms. The smallest absolute Gasteiger partial charge is 0.308 e. The third-order valence-corrected chi connectivity index (χ3v) is 7.79. The fraction of sp³-hybridized carbons (Fsp3) is 0.962. The lowest BCUT2D eigenvalue weighted by molar-refractivity contribution is -0.367. The lowest BCUT2D eigenvalue weighted by Crippen LogP contribution is -2.65. The summed E-state index contributed by atoms with van der Waals surface area (Å²) in [6, 6.07) is 0. The minimum Gasteiger partial charge on any atom is -0.433 e. The molecule has 3 fully saturated rings. The van der Waals surface area contributed by atoms with Crippen molar-refractivity contribution in [3.63, 3.8) is 0 Å². The Balaban J connectivity index is 1.72. The lowest BCUT2D eigenvalue weighted by atomic mass is 9.97. The fourth-order valence-electron chi connectivity index (χ4n) is 5.07. The van der Waals surface area contributed by atoms with Crippen molar-refractivity contribution in [2.45, 2.75) is 138 Å². The molecule has 0 aromatic rings. The number of unbranched alkanes of at least 4 members (excludes halogenated alkanes) is 4. The standard InChI is InChI=1S/C26H46O17/c1-2-3-4-5-6-7-14(29)42-26-23(43-25-22(37)19(34)16(31)12(9-28)40-25)20(35)17(32)13(41-26)10-38-24-21(36)18(33)15(30)11(8-27)39-24/h11-13,15-28,30-37H,2-10H2,1H3/t11-,12-,13-,15-,16-,17-,18+,19+,20+,21-,22-,23-,24-,25+,26-/m1/s1. The maximum absolute atomic E-state index is 12.7. The van der Waals surface area contributed by atoms with E-state index in [1.807, 2.05) is 6.92 Å². The molecule has 17 nitrogen and oxygen atoms in total. The zero-order valence-corrected chi connectivity index (χ0v) is 23.9. The van der Waals surface area contributed by atoms with Crippen LogP contribution in [0.5, 0.6) is 0 Å². The molecular weight excluding hydrogens is 584 g/mol. The molecule has 10 N–H and O–H groups in total. The maximum atomic E-state index is 12.7. The fourth-order valence-corrected chi connectivity index (χ4v) is 5.07. The number of rotatable bonds is 14. The number of esters is 1. The molecule has 0 radical (unpaired) electrons. The Bertz CT molecular complexity index is 829. The van der Waals surface area contributed by atoms with Crippen molar-refractivity contribution in [3.8, 4) is 0 Å². The molecule has 0 bridgehead atoms. The molecular formula is C26H46O17. The molecule has 0 aliphatic carbocycles. The van der Waals surface area contributed by atoms with E-state index in [2.05, 4.69) is 0 Å². The number of aliphatic hydroxyl groups excluding tert-OH is 10. The summed E-state index contributed by atoms with van der Waals surface area (Å²) >= 11 is 0. The van der Waals surface area contributed by atoms with Crippen LogP contribution in [0.15, 0.2) is 0 Å². The number of hydrogen-bond acceptors (Lipinski definition) is 17. The van der Waals surface area contributed by atoms with Crippen LogP contribution >= 0.6 is 0 Å². The molecule has 252 valence electrons. The SMILES string of the molecule is CCCCCCCC(=O)O[C@H]1O[C@H](CO[C@@H]2O[C@H](CO)[C@@H](O)[C@H](O)[C@H]2O)[C@@H](O)[C@H](O)[C@H]1O[C@@H]1O[C@H](CO)[C@@H](O)[C@H](O)[C@H]1O. The van der Waals surface area contributed by atoms with Gasteiger partial charge in [-0.05, 0) is 6.42 Å². The van der Waals surface area contributed by atoms with Gasteiger partial charge in [0.15, 0.2) is 18.7 Å². The topological polar surface area (TPSA) is 275 Å². The van der Waals surface area contributed by atoms with E-state index in [-0.39, 0.29) is 6.42 Å². The number of hydrogen-bond donors (Lipinski definition) is 10. The average molecular weight is 631 g/mol. The molecule has 17 heteroatoms. The summed E-state index contributed by atoms with van der Waals surface area (Å²) in [6.07, 6.45) is -20.9. The highest BCUT2D eigenvalue weighted by Gasteiger charge is 2.52. The summed E-state index contributed by atoms with van der Waals surface area (Å²) in [6.45, 7) is -0.0368. The van der Waals surface area contributed by atoms with Crippen LogP contribution in [0.4, 0.5) is 0 Å². The third-order valence-electron chi connectivity index (χ3n) is 7.79. The number of carbonyl (C=O) groups is 1. The van der Waals surface area contributed by atoms with Gasteiger partial charge in [0, 0.05) is 6.42 Å². The van der Waals surface area contributed by atoms with Gasteiger partial charge in [-0.2, -0.15) is 0 Å². The molecule has 0 aromatic heterocycles. The van der Waals surface area contributed by atoms with E-state index >= 15 is 0 Å². The second-order valence-electron chi connectivity index (χ2n) is 11.0. The second-order valence-corrected chi connectivity index (χ2v) is 11.0. The predicted octanol–water partition coefficient (Wildman–Crippen LogP) is -4.66. The van der Waals surface area contributed by atoms with Crippen LogP contribution in [0.3, 0.4) is 0 Å². The Morgan fingerprint density at radius 3 is 1.70 bits per heavy atom. The van der Waals surface area contributed by atoms with Crippen molar-refractivity contribution in [1.29, 1.82) is 0 Å². The highest BCUT2D eigenvalue weighted by molar-refractivity contribution is 5.69. The van der Waals surface area contributed by atoms with E-state index in [9.17, 15) is 55.9 Å². The van der Waals surface area contributed by atoms with Crippen molar-refractivity contribution in [2.75, 3.05) is 19.8 Å². The zero-order chi connectivity index (χ0) is 31.8. The van der Waals surface area contributed by atoms with Gasteiger partial charge in [-0.3, -0.25) is 4.79 Å². The summed E-state index contributed by atoms with van der Waals surface area (Å²) < 4.78 is 32.7. The minimum atomic E-state index is -1.88. The molecule has 15 atom stereocenters. The van der Waals surface area contributed by atoms with Gasteiger partial charge >= 0.3 is 5.97 Å². The molecule has 0 amide bonds. The van der Waals surface area contributed by atoms with Crippen LogP contribution in [0.25, 0.3) is 0 Å². The van der Waals surface area contributed by atoms with Crippen LogP contribution in [-0.2, 0) is 33.2 Å². The van der Waals surface area contributed by atoms with Crippen molar-refractivity contribution >= 4 is 5.97 Å². The van der Waals surface area contributed by atoms with Crippen LogP contribution in [-0.4, -0.2) is 169 Å². The molecule has 3 heterocycles. The summed E-state index contributed by atoms with van der Waals surface area (Å²) in [5.74, 6) is -0.735. The Morgan fingerprint density at radius 2 is 1.12 bits per heavy atom. The first-order chi connectivity index (χ1) is 20.4. The molecule has 3 saturated heterocycles. The Hall–Kier alpha value is -1.13. The quantitative estimate of drug-likeness (QED) is 0.0638. The van der Waals surface area contributed by atoms with Crippen LogP contribution < -0.4 is 0 Å². The van der Waals surface area contributed by atoms with E-state index in [1.165, 1.54) is 0 Å². The molecule has 0 spiro atoms. The van der Waals surface area contributed by atoms with Crippen molar-refractivity contribution < 1.29 is 84.3 Å².